The van der Waals surface area contributed by atoms with Crippen LogP contribution in [0.15, 0.2) is 47.1 Å². The molecular weight excluding hydrogens is 344 g/mol. The average molecular weight is 363 g/mol. The number of rotatable bonds is 3. The second kappa shape index (κ2) is 6.92. The molecule has 0 unspecified atom stereocenters. The van der Waals surface area contributed by atoms with Crippen LogP contribution in [0.1, 0.15) is 26.5 Å². The van der Waals surface area contributed by atoms with Crippen LogP contribution in [0.5, 0.6) is 0 Å². The van der Waals surface area contributed by atoms with Crippen molar-refractivity contribution < 1.29 is 9.53 Å². The normalized spacial score (nSPS) is 11.1. The molecule has 0 saturated heterocycles. The van der Waals surface area contributed by atoms with Crippen LogP contribution in [0.2, 0.25) is 0 Å². The number of hydrogen-bond donors (Lipinski definition) is 1. The number of hydrogen-bond acceptors (Lipinski definition) is 3. The fourth-order valence-corrected chi connectivity index (χ4v) is 2.08. The summed E-state index contributed by atoms with van der Waals surface area (Å²) in [5.41, 5.74) is 2.42. The molecule has 1 heterocycles. The van der Waals surface area contributed by atoms with Crippen molar-refractivity contribution in [3.8, 4) is 11.1 Å². The molecule has 116 valence electrons. The number of pyridine rings is 1. The molecule has 1 amide bonds. The predicted octanol–water partition coefficient (Wildman–Crippen LogP) is 4.54. The van der Waals surface area contributed by atoms with Gasteiger partial charge in [0.1, 0.15) is 5.60 Å². The summed E-state index contributed by atoms with van der Waals surface area (Å²) in [6, 6.07) is 11.9. The summed E-state index contributed by atoms with van der Waals surface area (Å²) in [5, 5.41) is 2.69. The van der Waals surface area contributed by atoms with Gasteiger partial charge in [0.25, 0.3) is 0 Å². The first-order valence-corrected chi connectivity index (χ1v) is 7.80. The van der Waals surface area contributed by atoms with E-state index < -0.39 is 11.7 Å². The topological polar surface area (TPSA) is 51.2 Å². The van der Waals surface area contributed by atoms with E-state index in [-0.39, 0.29) is 0 Å². The van der Waals surface area contributed by atoms with E-state index in [0.29, 0.717) is 6.54 Å². The van der Waals surface area contributed by atoms with E-state index in [9.17, 15) is 4.79 Å². The van der Waals surface area contributed by atoms with Gasteiger partial charge in [0.2, 0.25) is 0 Å². The molecule has 2 aromatic rings. The molecule has 0 bridgehead atoms. The summed E-state index contributed by atoms with van der Waals surface area (Å²) in [7, 11) is 0. The van der Waals surface area contributed by atoms with Gasteiger partial charge >= 0.3 is 6.09 Å². The number of aromatic nitrogens is 1. The second-order valence-corrected chi connectivity index (χ2v) is 6.82. The Labute approximate surface area is 139 Å². The molecule has 22 heavy (non-hydrogen) atoms. The molecule has 2 rings (SSSR count). The molecule has 0 aliphatic carbocycles. The van der Waals surface area contributed by atoms with Gasteiger partial charge in [-0.15, -0.1) is 0 Å². The summed E-state index contributed by atoms with van der Waals surface area (Å²) < 4.78 is 6.23. The van der Waals surface area contributed by atoms with E-state index in [4.69, 9.17) is 4.74 Å². The van der Waals surface area contributed by atoms with Gasteiger partial charge in [0.15, 0.2) is 0 Å². The SMILES string of the molecule is CC(C)(C)OC(=O)NCc1ccc(-c2ccc(Br)cc2)cn1. The first kappa shape index (κ1) is 16.5. The molecule has 0 aliphatic rings. The Morgan fingerprint density at radius 2 is 1.77 bits per heavy atom. The van der Waals surface area contributed by atoms with Crippen molar-refractivity contribution in [3.63, 3.8) is 0 Å². The van der Waals surface area contributed by atoms with Crippen molar-refractivity contribution in [2.75, 3.05) is 0 Å². The van der Waals surface area contributed by atoms with Gasteiger partial charge in [-0.05, 0) is 44.5 Å². The molecule has 1 aromatic heterocycles. The van der Waals surface area contributed by atoms with Crippen molar-refractivity contribution >= 4 is 22.0 Å². The number of benzene rings is 1. The number of carbonyl (C=O) groups excluding carboxylic acids is 1. The molecule has 5 heteroatoms. The summed E-state index contributed by atoms with van der Waals surface area (Å²) in [6.45, 7) is 5.84. The van der Waals surface area contributed by atoms with Crippen molar-refractivity contribution in [1.29, 1.82) is 0 Å². The Kier molecular flexibility index (Phi) is 5.19. The molecule has 0 saturated carbocycles. The van der Waals surface area contributed by atoms with Gasteiger partial charge in [-0.1, -0.05) is 34.1 Å². The second-order valence-electron chi connectivity index (χ2n) is 5.90. The first-order valence-electron chi connectivity index (χ1n) is 7.01. The molecule has 0 radical (unpaired) electrons. The van der Waals surface area contributed by atoms with Crippen molar-refractivity contribution in [2.24, 2.45) is 0 Å². The lowest BCUT2D eigenvalue weighted by Gasteiger charge is -2.19. The zero-order valence-corrected chi connectivity index (χ0v) is 14.5. The van der Waals surface area contributed by atoms with E-state index >= 15 is 0 Å². The highest BCUT2D eigenvalue weighted by molar-refractivity contribution is 9.10. The van der Waals surface area contributed by atoms with Gasteiger partial charge in [0, 0.05) is 16.2 Å². The number of alkyl carbamates (subject to hydrolysis) is 1. The Balaban J connectivity index is 1.95. The van der Waals surface area contributed by atoms with Crippen LogP contribution in [0.25, 0.3) is 11.1 Å². The van der Waals surface area contributed by atoms with Crippen molar-refractivity contribution in [1.82, 2.24) is 10.3 Å². The standard InChI is InChI=1S/C17H19BrN2O2/c1-17(2,3)22-16(21)20-11-15-9-6-13(10-19-15)12-4-7-14(18)8-5-12/h4-10H,11H2,1-3H3,(H,20,21). The largest absolute Gasteiger partial charge is 0.444 e. The maximum absolute atomic E-state index is 11.6. The number of amides is 1. The Morgan fingerprint density at radius 3 is 2.32 bits per heavy atom. The zero-order valence-electron chi connectivity index (χ0n) is 12.9. The minimum absolute atomic E-state index is 0.343. The Morgan fingerprint density at radius 1 is 1.14 bits per heavy atom. The molecule has 0 atom stereocenters. The van der Waals surface area contributed by atoms with E-state index in [1.54, 1.807) is 6.20 Å². The van der Waals surface area contributed by atoms with Crippen LogP contribution in [0.3, 0.4) is 0 Å². The highest BCUT2D eigenvalue weighted by Gasteiger charge is 2.15. The number of nitrogens with zero attached hydrogens (tertiary/aromatic N) is 1. The summed E-state index contributed by atoms with van der Waals surface area (Å²) >= 11 is 3.42. The number of nitrogens with one attached hydrogen (secondary N) is 1. The van der Waals surface area contributed by atoms with Gasteiger partial charge in [-0.2, -0.15) is 0 Å². The number of halogens is 1. The molecule has 0 spiro atoms. The van der Waals surface area contributed by atoms with Crippen molar-refractivity contribution in [3.05, 3.63) is 52.8 Å². The molecular formula is C17H19BrN2O2. The van der Waals surface area contributed by atoms with E-state index in [2.05, 4.69) is 26.2 Å². The third-order valence-corrected chi connectivity index (χ3v) is 3.34. The maximum Gasteiger partial charge on any atom is 0.407 e. The molecule has 0 fully saturated rings. The van der Waals surface area contributed by atoms with Crippen LogP contribution < -0.4 is 5.32 Å². The highest BCUT2D eigenvalue weighted by Crippen LogP contribution is 2.21. The quantitative estimate of drug-likeness (QED) is 0.871. The summed E-state index contributed by atoms with van der Waals surface area (Å²) in [4.78, 5) is 16.0. The van der Waals surface area contributed by atoms with Crippen LogP contribution in [-0.4, -0.2) is 16.7 Å². The van der Waals surface area contributed by atoms with Gasteiger partial charge in [0.05, 0.1) is 12.2 Å². The highest BCUT2D eigenvalue weighted by atomic mass is 79.9. The molecule has 1 N–H and O–H groups in total. The summed E-state index contributed by atoms with van der Waals surface area (Å²) in [6.07, 6.45) is 1.36. The lowest BCUT2D eigenvalue weighted by atomic mass is 10.1. The third-order valence-electron chi connectivity index (χ3n) is 2.82. The minimum Gasteiger partial charge on any atom is -0.444 e. The monoisotopic (exact) mass is 362 g/mol. The number of ether oxygens (including phenoxy) is 1. The first-order chi connectivity index (χ1) is 10.3. The van der Waals surface area contributed by atoms with Gasteiger partial charge < -0.3 is 10.1 Å². The Hall–Kier alpha value is -1.88. The molecule has 4 nitrogen and oxygen atoms in total. The average Bonchev–Trinajstić information content (AvgIpc) is 2.45. The lowest BCUT2D eigenvalue weighted by molar-refractivity contribution is 0.0523. The lowest BCUT2D eigenvalue weighted by Crippen LogP contribution is -2.32. The van der Waals surface area contributed by atoms with Crippen LogP contribution >= 0.6 is 15.9 Å². The minimum atomic E-state index is -0.497. The van der Waals surface area contributed by atoms with E-state index in [0.717, 1.165) is 21.3 Å². The van der Waals surface area contributed by atoms with E-state index in [1.807, 2.05) is 57.2 Å². The fraction of sp³-hybridized carbons (Fsp3) is 0.294. The summed E-state index contributed by atoms with van der Waals surface area (Å²) in [5.74, 6) is 0. The Bertz CT molecular complexity index is 631. The fourth-order valence-electron chi connectivity index (χ4n) is 1.82. The van der Waals surface area contributed by atoms with Gasteiger partial charge in [-0.3, -0.25) is 4.98 Å². The third kappa shape index (κ3) is 5.15. The van der Waals surface area contributed by atoms with E-state index in [1.165, 1.54) is 0 Å². The van der Waals surface area contributed by atoms with Crippen molar-refractivity contribution in [2.45, 2.75) is 32.9 Å². The number of carbonyl (C=O) groups is 1. The van der Waals surface area contributed by atoms with Crippen LogP contribution in [-0.2, 0) is 11.3 Å². The smallest absolute Gasteiger partial charge is 0.407 e. The zero-order chi connectivity index (χ0) is 16.2. The maximum atomic E-state index is 11.6. The predicted molar refractivity (Wildman–Crippen MR) is 90.4 cm³/mol. The van der Waals surface area contributed by atoms with Crippen LogP contribution in [0, 0.1) is 0 Å². The molecule has 1 aromatic carbocycles. The van der Waals surface area contributed by atoms with Gasteiger partial charge in [-0.25, -0.2) is 4.79 Å². The van der Waals surface area contributed by atoms with Crippen LogP contribution in [0.4, 0.5) is 4.79 Å². The molecule has 0 aliphatic heterocycles.